The smallest absolute Gasteiger partial charge is 0.434 e. The zero-order valence-corrected chi connectivity index (χ0v) is 51.6. The number of hydrogen-bond donors (Lipinski definition) is 0. The van der Waals surface area contributed by atoms with E-state index in [0.717, 1.165) is 154 Å². The highest BCUT2D eigenvalue weighted by atomic mass is 16.8. The minimum absolute atomic E-state index is 0.105. The third-order valence-electron chi connectivity index (χ3n) is 21.9. The Morgan fingerprint density at radius 3 is 0.833 bits per heavy atom. The fraction of sp³-hybridized carbons (Fsp3) is 0.954. The lowest BCUT2D eigenvalue weighted by molar-refractivity contribution is -0.341. The second-order valence-electron chi connectivity index (χ2n) is 31.7. The van der Waals surface area contributed by atoms with Crippen LogP contribution in [0, 0.1) is 67.0 Å². The van der Waals surface area contributed by atoms with Crippen molar-refractivity contribution in [2.45, 2.75) is 287 Å². The molecule has 6 saturated carbocycles. The average molecular weight is 1100 g/mol. The summed E-state index contributed by atoms with van der Waals surface area (Å²) in [4.78, 5) is 39.3. The van der Waals surface area contributed by atoms with Crippen LogP contribution in [-0.4, -0.2) is 94.1 Å². The lowest BCUT2D eigenvalue weighted by Crippen LogP contribution is -2.57. The summed E-state index contributed by atoms with van der Waals surface area (Å²) in [7, 11) is 0. The van der Waals surface area contributed by atoms with Gasteiger partial charge in [-0.15, -0.1) is 0 Å². The maximum atomic E-state index is 13.2. The molecule has 6 aliphatic carbocycles. The highest BCUT2D eigenvalue weighted by Crippen LogP contribution is 2.57. The van der Waals surface area contributed by atoms with Crippen molar-refractivity contribution < 1.29 is 61.8 Å². The molecular formula is C65H110O13. The molecule has 0 radical (unpaired) electrons. The van der Waals surface area contributed by atoms with E-state index in [1.807, 2.05) is 0 Å². The summed E-state index contributed by atoms with van der Waals surface area (Å²) in [5.74, 6) is 1.02. The van der Waals surface area contributed by atoms with Crippen LogP contribution in [0.1, 0.15) is 251 Å². The van der Waals surface area contributed by atoms with Gasteiger partial charge in [0.05, 0.1) is 37.3 Å². The largest absolute Gasteiger partial charge is 0.508 e. The Kier molecular flexibility index (Phi) is 18.8. The second kappa shape index (κ2) is 23.7. The Balaban J connectivity index is 0.674. The Bertz CT molecular complexity index is 1810. The molecule has 2 heterocycles. The SMILES string of the molecule is CCC1(COC(=O)OC2CCC(C(C)(C)C3CCC(OC(=O)OC4CCC(C(C)(C)C5CCC(OC(=O)OCC6(CC)COC7(CC(C)(C)CC(C)(C)C7)OC6)CC5)CC4)CC3)CC2)COC2(CC(C)(C)CC(C)(C)C2)OC1. The van der Waals surface area contributed by atoms with E-state index in [2.05, 4.69) is 96.9 Å². The number of carbonyl (C=O) groups is 3. The van der Waals surface area contributed by atoms with E-state index in [9.17, 15) is 14.4 Å². The van der Waals surface area contributed by atoms with Crippen LogP contribution in [0.2, 0.25) is 0 Å². The molecule has 0 amide bonds. The van der Waals surface area contributed by atoms with E-state index in [1.54, 1.807) is 0 Å². The molecule has 0 unspecified atom stereocenters. The van der Waals surface area contributed by atoms with E-state index in [0.29, 0.717) is 50.1 Å². The molecule has 0 atom stereocenters. The highest BCUT2D eigenvalue weighted by Gasteiger charge is 2.56. The standard InChI is InChI=1S/C65H110O13/c1-15-62(41-71-64(72-42-62)35-56(3,4)33-57(5,6)36-64)39-69-53(66)75-49-25-17-45(18-26-49)60(11,12)47-21-29-51(30-22-47)77-55(68)78-52-31-23-48(24-32-52)61(13,14)46-19-27-50(28-20-46)76-54(67)70-40-63(16-2)43-73-65(74-44-63)37-58(7,8)34-59(9,10)38-65/h45-52H,15-44H2,1-14H3. The maximum Gasteiger partial charge on any atom is 0.508 e. The summed E-state index contributed by atoms with van der Waals surface area (Å²) in [5, 5.41) is 0. The van der Waals surface area contributed by atoms with Gasteiger partial charge in [-0.1, -0.05) is 96.9 Å². The number of carbonyl (C=O) groups excluding carboxylic acids is 3. The van der Waals surface area contributed by atoms with E-state index < -0.39 is 30.0 Å². The zero-order chi connectivity index (χ0) is 56.6. The fourth-order valence-corrected chi connectivity index (χ4v) is 17.8. The van der Waals surface area contributed by atoms with Crippen LogP contribution in [0.4, 0.5) is 14.4 Å². The molecule has 13 nitrogen and oxygen atoms in total. The molecule has 78 heavy (non-hydrogen) atoms. The molecule has 2 saturated heterocycles. The van der Waals surface area contributed by atoms with Crippen molar-refractivity contribution in [2.75, 3.05) is 39.6 Å². The van der Waals surface area contributed by atoms with Crippen molar-refractivity contribution in [3.63, 3.8) is 0 Å². The molecule has 0 aromatic rings. The summed E-state index contributed by atoms with van der Waals surface area (Å²) in [6.45, 7) is 34.8. The summed E-state index contributed by atoms with van der Waals surface area (Å²) in [6.07, 6.45) is 20.2. The van der Waals surface area contributed by atoms with Gasteiger partial charge < -0.3 is 47.4 Å². The van der Waals surface area contributed by atoms with Crippen LogP contribution in [0.5, 0.6) is 0 Å². The fourth-order valence-electron chi connectivity index (χ4n) is 17.8. The second-order valence-corrected chi connectivity index (χ2v) is 31.7. The first kappa shape index (κ1) is 61.7. The van der Waals surface area contributed by atoms with Gasteiger partial charge in [0, 0.05) is 25.7 Å². The molecule has 8 fully saturated rings. The van der Waals surface area contributed by atoms with Gasteiger partial charge in [-0.2, -0.15) is 0 Å². The van der Waals surface area contributed by atoms with Gasteiger partial charge in [-0.25, -0.2) is 14.4 Å². The minimum Gasteiger partial charge on any atom is -0.434 e. The van der Waals surface area contributed by atoms with Crippen molar-refractivity contribution >= 4 is 18.5 Å². The molecule has 2 aliphatic heterocycles. The van der Waals surface area contributed by atoms with Gasteiger partial charge in [-0.3, -0.25) is 0 Å². The van der Waals surface area contributed by atoms with Gasteiger partial charge in [0.2, 0.25) is 0 Å². The number of rotatable bonds is 14. The average Bonchev–Trinajstić information content (AvgIpc) is 3.43. The van der Waals surface area contributed by atoms with E-state index in [4.69, 9.17) is 47.4 Å². The summed E-state index contributed by atoms with van der Waals surface area (Å²) < 4.78 is 61.7. The van der Waals surface area contributed by atoms with E-state index in [1.165, 1.54) is 0 Å². The Labute approximate surface area is 472 Å². The van der Waals surface area contributed by atoms with Crippen molar-refractivity contribution in [3.05, 3.63) is 0 Å². The number of hydrogen-bond acceptors (Lipinski definition) is 13. The molecule has 0 aromatic carbocycles. The minimum atomic E-state index is -0.582. The zero-order valence-electron chi connectivity index (χ0n) is 51.6. The van der Waals surface area contributed by atoms with Gasteiger partial charge in [-0.05, 0) is 185 Å². The van der Waals surface area contributed by atoms with Crippen molar-refractivity contribution in [3.8, 4) is 0 Å². The van der Waals surface area contributed by atoms with Gasteiger partial charge >= 0.3 is 18.5 Å². The lowest BCUT2D eigenvalue weighted by Gasteiger charge is -2.55. The van der Waals surface area contributed by atoms with E-state index in [-0.39, 0.29) is 80.9 Å². The highest BCUT2D eigenvalue weighted by molar-refractivity contribution is 5.61. The molecule has 2 spiro atoms. The monoisotopic (exact) mass is 1100 g/mol. The normalized spacial score (nSPS) is 33.9. The summed E-state index contributed by atoms with van der Waals surface area (Å²) in [6, 6.07) is 0. The first-order chi connectivity index (χ1) is 36.4. The third-order valence-corrected chi connectivity index (χ3v) is 21.9. The molecular weight excluding hydrogens is 989 g/mol. The third kappa shape index (κ3) is 15.3. The molecule has 0 aromatic heterocycles. The van der Waals surface area contributed by atoms with Crippen LogP contribution >= 0.6 is 0 Å². The Morgan fingerprint density at radius 2 is 0.603 bits per heavy atom. The molecule has 8 rings (SSSR count). The van der Waals surface area contributed by atoms with Crippen LogP contribution in [-0.2, 0) is 47.4 Å². The predicted octanol–water partition coefficient (Wildman–Crippen LogP) is 16.5. The quantitative estimate of drug-likeness (QED) is 0.120. The Morgan fingerprint density at radius 1 is 0.372 bits per heavy atom. The van der Waals surface area contributed by atoms with Gasteiger partial charge in [0.25, 0.3) is 0 Å². The van der Waals surface area contributed by atoms with Crippen LogP contribution in [0.15, 0.2) is 0 Å². The van der Waals surface area contributed by atoms with Crippen LogP contribution in [0.25, 0.3) is 0 Å². The first-order valence-corrected chi connectivity index (χ1v) is 31.5. The van der Waals surface area contributed by atoms with Crippen LogP contribution < -0.4 is 0 Å². The number of ether oxygens (including phenoxy) is 10. The molecule has 0 bridgehead atoms. The molecule has 0 N–H and O–H groups in total. The Hall–Kier alpha value is -2.35. The molecule has 8 aliphatic rings. The van der Waals surface area contributed by atoms with E-state index >= 15 is 0 Å². The topological polar surface area (TPSA) is 144 Å². The predicted molar refractivity (Wildman–Crippen MR) is 301 cm³/mol. The van der Waals surface area contributed by atoms with Gasteiger partial charge in [0.1, 0.15) is 37.6 Å². The maximum absolute atomic E-state index is 13.2. The van der Waals surface area contributed by atoms with Gasteiger partial charge in [0.15, 0.2) is 11.6 Å². The summed E-state index contributed by atoms with van der Waals surface area (Å²) >= 11 is 0. The van der Waals surface area contributed by atoms with Crippen LogP contribution in [0.3, 0.4) is 0 Å². The molecule has 13 heteroatoms. The molecule has 448 valence electrons. The lowest BCUT2D eigenvalue weighted by atomic mass is 9.60. The van der Waals surface area contributed by atoms with Crippen molar-refractivity contribution in [1.29, 1.82) is 0 Å². The first-order valence-electron chi connectivity index (χ1n) is 31.5. The summed E-state index contributed by atoms with van der Waals surface area (Å²) in [5.41, 5.74) is 0.0558. The van der Waals surface area contributed by atoms with Crippen molar-refractivity contribution in [2.24, 2.45) is 67.0 Å². The van der Waals surface area contributed by atoms with Crippen molar-refractivity contribution in [1.82, 2.24) is 0 Å².